The van der Waals surface area contributed by atoms with Gasteiger partial charge in [-0.2, -0.15) is 0 Å². The van der Waals surface area contributed by atoms with Crippen LogP contribution in [-0.2, 0) is 0 Å². The summed E-state index contributed by atoms with van der Waals surface area (Å²) in [6.07, 6.45) is 0.242. The Balaban J connectivity index is 2.95. The van der Waals surface area contributed by atoms with E-state index >= 15 is 0 Å². The van der Waals surface area contributed by atoms with E-state index in [-0.39, 0.29) is 0 Å². The van der Waals surface area contributed by atoms with Gasteiger partial charge in [0.15, 0.2) is 0 Å². The Morgan fingerprint density at radius 2 is 2.23 bits per heavy atom. The SMILES string of the molecule is CC[C@H](O)c1ccc(OC)c(Cl)c1. The zero-order valence-electron chi connectivity index (χ0n) is 7.75. The topological polar surface area (TPSA) is 29.5 Å². The average molecular weight is 201 g/mol. The van der Waals surface area contributed by atoms with Crippen LogP contribution in [0.4, 0.5) is 0 Å². The molecule has 0 amide bonds. The number of hydrogen-bond donors (Lipinski definition) is 1. The van der Waals surface area contributed by atoms with Crippen LogP contribution < -0.4 is 4.74 Å². The lowest BCUT2D eigenvalue weighted by atomic mass is 10.1. The van der Waals surface area contributed by atoms with Crippen LogP contribution in [0.3, 0.4) is 0 Å². The number of aliphatic hydroxyl groups excluding tert-OH is 1. The average Bonchev–Trinajstić information content (AvgIpc) is 2.16. The van der Waals surface area contributed by atoms with E-state index in [0.29, 0.717) is 17.2 Å². The molecule has 0 bridgehead atoms. The van der Waals surface area contributed by atoms with Gasteiger partial charge >= 0.3 is 0 Å². The Kier molecular flexibility index (Phi) is 3.58. The van der Waals surface area contributed by atoms with Crippen molar-refractivity contribution in [3.63, 3.8) is 0 Å². The molecule has 0 fully saturated rings. The molecule has 1 N–H and O–H groups in total. The Morgan fingerprint density at radius 1 is 1.54 bits per heavy atom. The van der Waals surface area contributed by atoms with E-state index < -0.39 is 6.10 Å². The van der Waals surface area contributed by atoms with Crippen molar-refractivity contribution in [3.05, 3.63) is 28.8 Å². The normalized spacial score (nSPS) is 12.6. The third-order valence-corrected chi connectivity index (χ3v) is 2.24. The van der Waals surface area contributed by atoms with Crippen LogP contribution in [0.25, 0.3) is 0 Å². The molecule has 2 nitrogen and oxygen atoms in total. The number of benzene rings is 1. The summed E-state index contributed by atoms with van der Waals surface area (Å²) in [6.45, 7) is 1.92. The highest BCUT2D eigenvalue weighted by atomic mass is 35.5. The molecule has 1 rings (SSSR count). The minimum Gasteiger partial charge on any atom is -0.495 e. The zero-order chi connectivity index (χ0) is 9.84. The van der Waals surface area contributed by atoms with Gasteiger partial charge in [0.2, 0.25) is 0 Å². The molecule has 72 valence electrons. The number of halogens is 1. The Bertz CT molecular complexity index is 286. The largest absolute Gasteiger partial charge is 0.495 e. The summed E-state index contributed by atoms with van der Waals surface area (Å²) in [5.41, 5.74) is 0.827. The predicted octanol–water partition coefficient (Wildman–Crippen LogP) is 2.79. The molecule has 0 heterocycles. The summed E-state index contributed by atoms with van der Waals surface area (Å²) in [7, 11) is 1.57. The van der Waals surface area contributed by atoms with E-state index in [1.165, 1.54) is 0 Å². The monoisotopic (exact) mass is 200 g/mol. The molecule has 1 aromatic carbocycles. The van der Waals surface area contributed by atoms with Gasteiger partial charge in [0.05, 0.1) is 18.2 Å². The zero-order valence-corrected chi connectivity index (χ0v) is 8.51. The molecule has 0 spiro atoms. The smallest absolute Gasteiger partial charge is 0.137 e. The summed E-state index contributed by atoms with van der Waals surface area (Å²) >= 11 is 5.89. The summed E-state index contributed by atoms with van der Waals surface area (Å²) in [6, 6.07) is 5.31. The van der Waals surface area contributed by atoms with Crippen LogP contribution in [0, 0.1) is 0 Å². The number of aliphatic hydroxyl groups is 1. The summed E-state index contributed by atoms with van der Waals surface area (Å²) in [4.78, 5) is 0. The molecule has 0 aliphatic heterocycles. The molecule has 0 aromatic heterocycles. The number of hydrogen-bond acceptors (Lipinski definition) is 2. The maximum absolute atomic E-state index is 9.52. The van der Waals surface area contributed by atoms with E-state index in [9.17, 15) is 5.11 Å². The van der Waals surface area contributed by atoms with Crippen molar-refractivity contribution in [2.24, 2.45) is 0 Å². The first kappa shape index (κ1) is 10.4. The maximum Gasteiger partial charge on any atom is 0.137 e. The lowest BCUT2D eigenvalue weighted by Gasteiger charge is -2.10. The van der Waals surface area contributed by atoms with Gasteiger partial charge in [-0.3, -0.25) is 0 Å². The highest BCUT2D eigenvalue weighted by Crippen LogP contribution is 2.28. The fraction of sp³-hybridized carbons (Fsp3) is 0.400. The van der Waals surface area contributed by atoms with Gasteiger partial charge in [-0.05, 0) is 24.1 Å². The fourth-order valence-electron chi connectivity index (χ4n) is 1.13. The van der Waals surface area contributed by atoms with Crippen LogP contribution in [0.1, 0.15) is 25.0 Å². The predicted molar refractivity (Wildman–Crippen MR) is 53.3 cm³/mol. The van der Waals surface area contributed by atoms with Gasteiger partial charge in [0, 0.05) is 0 Å². The summed E-state index contributed by atoms with van der Waals surface area (Å²) in [5, 5.41) is 10.1. The minimum absolute atomic E-state index is 0.441. The van der Waals surface area contributed by atoms with Gasteiger partial charge in [0.25, 0.3) is 0 Å². The van der Waals surface area contributed by atoms with Crippen molar-refractivity contribution in [1.29, 1.82) is 0 Å². The van der Waals surface area contributed by atoms with Crippen molar-refractivity contribution in [1.82, 2.24) is 0 Å². The second-order valence-corrected chi connectivity index (χ2v) is 3.23. The Hall–Kier alpha value is -0.730. The molecule has 1 aromatic rings. The van der Waals surface area contributed by atoms with Crippen molar-refractivity contribution >= 4 is 11.6 Å². The molecule has 0 aliphatic carbocycles. The molecule has 3 heteroatoms. The van der Waals surface area contributed by atoms with Crippen molar-refractivity contribution in [2.45, 2.75) is 19.4 Å². The first-order valence-electron chi connectivity index (χ1n) is 4.20. The standard InChI is InChI=1S/C10H13ClO2/c1-3-9(12)7-4-5-10(13-2)8(11)6-7/h4-6,9,12H,3H2,1-2H3/t9-/m0/s1. The third-order valence-electron chi connectivity index (χ3n) is 1.95. The van der Waals surface area contributed by atoms with Gasteiger partial charge in [-0.1, -0.05) is 24.6 Å². The fourth-order valence-corrected chi connectivity index (χ4v) is 1.39. The van der Waals surface area contributed by atoms with Gasteiger partial charge in [-0.25, -0.2) is 0 Å². The number of rotatable bonds is 3. The molecule has 0 radical (unpaired) electrons. The molecule has 1 atom stereocenters. The molecule has 13 heavy (non-hydrogen) atoms. The van der Waals surface area contributed by atoms with Gasteiger partial charge < -0.3 is 9.84 Å². The second kappa shape index (κ2) is 4.49. The Morgan fingerprint density at radius 3 is 2.69 bits per heavy atom. The highest BCUT2D eigenvalue weighted by molar-refractivity contribution is 6.32. The summed E-state index contributed by atoms with van der Waals surface area (Å²) < 4.78 is 5.00. The summed E-state index contributed by atoms with van der Waals surface area (Å²) in [5.74, 6) is 0.633. The number of ether oxygens (including phenoxy) is 1. The molecular formula is C10H13ClO2. The maximum atomic E-state index is 9.52. The van der Waals surface area contributed by atoms with E-state index in [2.05, 4.69) is 0 Å². The second-order valence-electron chi connectivity index (χ2n) is 2.82. The van der Waals surface area contributed by atoms with Gasteiger partial charge in [0.1, 0.15) is 5.75 Å². The first-order valence-corrected chi connectivity index (χ1v) is 4.58. The molecule has 0 unspecified atom stereocenters. The van der Waals surface area contributed by atoms with Crippen molar-refractivity contribution in [3.8, 4) is 5.75 Å². The third kappa shape index (κ3) is 2.36. The molecule has 0 aliphatic rings. The van der Waals surface area contributed by atoms with Crippen LogP contribution >= 0.6 is 11.6 Å². The lowest BCUT2D eigenvalue weighted by molar-refractivity contribution is 0.173. The van der Waals surface area contributed by atoms with Crippen LogP contribution in [0.15, 0.2) is 18.2 Å². The van der Waals surface area contributed by atoms with E-state index in [0.717, 1.165) is 5.56 Å². The molecular weight excluding hydrogens is 188 g/mol. The first-order chi connectivity index (χ1) is 6.19. The Labute approximate surface area is 83.1 Å². The van der Waals surface area contributed by atoms with E-state index in [1.54, 1.807) is 19.2 Å². The van der Waals surface area contributed by atoms with Crippen LogP contribution in [-0.4, -0.2) is 12.2 Å². The quantitative estimate of drug-likeness (QED) is 0.813. The molecule has 0 saturated heterocycles. The lowest BCUT2D eigenvalue weighted by Crippen LogP contribution is -1.95. The van der Waals surface area contributed by atoms with Gasteiger partial charge in [-0.15, -0.1) is 0 Å². The van der Waals surface area contributed by atoms with E-state index in [1.807, 2.05) is 13.0 Å². The van der Waals surface area contributed by atoms with Crippen molar-refractivity contribution in [2.75, 3.05) is 7.11 Å². The molecule has 0 saturated carbocycles. The minimum atomic E-state index is -0.441. The number of methoxy groups -OCH3 is 1. The highest BCUT2D eigenvalue weighted by Gasteiger charge is 2.07. The van der Waals surface area contributed by atoms with Crippen molar-refractivity contribution < 1.29 is 9.84 Å². The van der Waals surface area contributed by atoms with E-state index in [4.69, 9.17) is 16.3 Å². The van der Waals surface area contributed by atoms with Crippen LogP contribution in [0.5, 0.6) is 5.75 Å². The van der Waals surface area contributed by atoms with Crippen LogP contribution in [0.2, 0.25) is 5.02 Å².